The van der Waals surface area contributed by atoms with E-state index in [9.17, 15) is 4.79 Å². The highest BCUT2D eigenvalue weighted by Gasteiger charge is 2.10. The summed E-state index contributed by atoms with van der Waals surface area (Å²) in [6.45, 7) is 7.28. The van der Waals surface area contributed by atoms with Gasteiger partial charge in [0.15, 0.2) is 5.96 Å². The molecule has 0 aromatic carbocycles. The van der Waals surface area contributed by atoms with Crippen molar-refractivity contribution in [3.8, 4) is 0 Å². The maximum atomic E-state index is 10.6. The fourth-order valence-electron chi connectivity index (χ4n) is 1.01. The van der Waals surface area contributed by atoms with Crippen molar-refractivity contribution in [2.45, 2.75) is 27.2 Å². The Morgan fingerprint density at radius 2 is 2.15 bits per heavy atom. The first-order valence-electron chi connectivity index (χ1n) is 4.73. The van der Waals surface area contributed by atoms with Crippen molar-refractivity contribution in [3.63, 3.8) is 0 Å². The molecule has 0 fully saturated rings. The third-order valence-corrected chi connectivity index (χ3v) is 1.56. The van der Waals surface area contributed by atoms with E-state index < -0.39 is 0 Å². The second-order valence-electron chi connectivity index (χ2n) is 2.66. The maximum Gasteiger partial charge on any atom is 0.223 e. The zero-order valence-corrected chi connectivity index (χ0v) is 8.92. The summed E-state index contributed by atoms with van der Waals surface area (Å²) in [5, 5.41) is 2.67. The van der Waals surface area contributed by atoms with Crippen LogP contribution in [0.25, 0.3) is 0 Å². The van der Waals surface area contributed by atoms with E-state index in [-0.39, 0.29) is 5.91 Å². The lowest BCUT2D eigenvalue weighted by atomic mass is 10.3. The van der Waals surface area contributed by atoms with Crippen molar-refractivity contribution in [2.24, 2.45) is 4.99 Å². The Kier molecular flexibility index (Phi) is 5.93. The molecule has 0 spiro atoms. The molecule has 1 N–H and O–H groups in total. The summed E-state index contributed by atoms with van der Waals surface area (Å²) in [7, 11) is 1.92. The molecule has 76 valence electrons. The average molecular weight is 185 g/mol. The Balaban J connectivity index is 0.000000671. The van der Waals surface area contributed by atoms with Gasteiger partial charge in [-0.3, -0.25) is 15.1 Å². The number of aliphatic imine (C=N–C) groups is 1. The highest BCUT2D eigenvalue weighted by atomic mass is 16.1. The smallest absolute Gasteiger partial charge is 0.223 e. The molecule has 13 heavy (non-hydrogen) atoms. The summed E-state index contributed by atoms with van der Waals surface area (Å²) in [6, 6.07) is 0. The van der Waals surface area contributed by atoms with E-state index in [1.165, 1.54) is 6.92 Å². The lowest BCUT2D eigenvalue weighted by Crippen LogP contribution is -2.43. The molecule has 0 aliphatic carbocycles. The SMILES string of the molecule is CC.CC(=O)NC1=NCCCN1C. The van der Waals surface area contributed by atoms with Crippen LogP contribution >= 0.6 is 0 Å². The summed E-state index contributed by atoms with van der Waals surface area (Å²) in [6.07, 6.45) is 1.07. The van der Waals surface area contributed by atoms with E-state index in [0.717, 1.165) is 19.5 Å². The van der Waals surface area contributed by atoms with Gasteiger partial charge < -0.3 is 4.90 Å². The van der Waals surface area contributed by atoms with Crippen molar-refractivity contribution >= 4 is 11.9 Å². The normalized spacial score (nSPS) is 15.4. The maximum absolute atomic E-state index is 10.6. The minimum atomic E-state index is -0.0579. The molecule has 1 heterocycles. The molecule has 1 aliphatic heterocycles. The second kappa shape index (κ2) is 6.46. The number of nitrogens with zero attached hydrogens (tertiary/aromatic N) is 2. The second-order valence-corrected chi connectivity index (χ2v) is 2.66. The van der Waals surface area contributed by atoms with Crippen LogP contribution in [-0.2, 0) is 4.79 Å². The standard InChI is InChI=1S/C7H13N3O.C2H6/c1-6(11)9-7-8-4-3-5-10(7)2;1-2/h3-5H2,1-2H3,(H,8,9,11);1-2H3. The van der Waals surface area contributed by atoms with Gasteiger partial charge in [0.05, 0.1) is 0 Å². The Labute approximate surface area is 80.0 Å². The molecule has 1 amide bonds. The number of amides is 1. The fourth-order valence-corrected chi connectivity index (χ4v) is 1.01. The van der Waals surface area contributed by atoms with Crippen LogP contribution in [0.5, 0.6) is 0 Å². The Hall–Kier alpha value is -1.06. The van der Waals surface area contributed by atoms with Gasteiger partial charge in [-0.2, -0.15) is 0 Å². The predicted molar refractivity (Wildman–Crippen MR) is 54.7 cm³/mol. The number of carbonyl (C=O) groups is 1. The van der Waals surface area contributed by atoms with Gasteiger partial charge in [0, 0.05) is 27.1 Å². The van der Waals surface area contributed by atoms with E-state index >= 15 is 0 Å². The lowest BCUT2D eigenvalue weighted by Gasteiger charge is -2.24. The zero-order valence-electron chi connectivity index (χ0n) is 8.92. The lowest BCUT2D eigenvalue weighted by molar-refractivity contribution is -0.117. The zero-order chi connectivity index (χ0) is 10.3. The van der Waals surface area contributed by atoms with Crippen LogP contribution < -0.4 is 5.32 Å². The number of hydrogen-bond donors (Lipinski definition) is 1. The molecule has 0 bridgehead atoms. The molecule has 1 aliphatic rings. The molecule has 1 rings (SSSR count). The van der Waals surface area contributed by atoms with Gasteiger partial charge in [-0.25, -0.2) is 0 Å². The first kappa shape index (κ1) is 11.9. The van der Waals surface area contributed by atoms with Gasteiger partial charge in [0.2, 0.25) is 5.91 Å². The number of rotatable bonds is 0. The molecule has 4 heteroatoms. The molecule has 0 unspecified atom stereocenters. The summed E-state index contributed by atoms with van der Waals surface area (Å²) in [4.78, 5) is 16.7. The predicted octanol–water partition coefficient (Wildman–Crippen LogP) is 0.840. The van der Waals surface area contributed by atoms with Crippen molar-refractivity contribution in [2.75, 3.05) is 20.1 Å². The highest BCUT2D eigenvalue weighted by Crippen LogP contribution is 1.96. The van der Waals surface area contributed by atoms with Gasteiger partial charge in [-0.05, 0) is 6.42 Å². The van der Waals surface area contributed by atoms with E-state index in [2.05, 4.69) is 10.3 Å². The van der Waals surface area contributed by atoms with Crippen molar-refractivity contribution in [1.82, 2.24) is 10.2 Å². The first-order valence-corrected chi connectivity index (χ1v) is 4.73. The summed E-state index contributed by atoms with van der Waals surface area (Å²) in [5.41, 5.74) is 0. The minimum Gasteiger partial charge on any atom is -0.346 e. The molecular formula is C9H19N3O. The number of hydrogen-bond acceptors (Lipinski definition) is 3. The average Bonchev–Trinajstić information content (AvgIpc) is 2.12. The van der Waals surface area contributed by atoms with E-state index in [1.54, 1.807) is 0 Å². The Bertz CT molecular complexity index is 189. The van der Waals surface area contributed by atoms with Crippen LogP contribution in [0.3, 0.4) is 0 Å². The molecule has 4 nitrogen and oxygen atoms in total. The van der Waals surface area contributed by atoms with Gasteiger partial charge in [-0.1, -0.05) is 13.8 Å². The molecule has 0 saturated heterocycles. The van der Waals surface area contributed by atoms with Gasteiger partial charge in [-0.15, -0.1) is 0 Å². The quantitative estimate of drug-likeness (QED) is 0.608. The van der Waals surface area contributed by atoms with Crippen molar-refractivity contribution in [1.29, 1.82) is 0 Å². The van der Waals surface area contributed by atoms with E-state index in [1.807, 2.05) is 25.8 Å². The molecule has 0 aromatic rings. The third-order valence-electron chi connectivity index (χ3n) is 1.56. The Morgan fingerprint density at radius 1 is 1.54 bits per heavy atom. The van der Waals surface area contributed by atoms with Crippen LogP contribution in [0, 0.1) is 0 Å². The molecule has 0 radical (unpaired) electrons. The number of nitrogens with one attached hydrogen (secondary N) is 1. The number of guanidine groups is 1. The summed E-state index contributed by atoms with van der Waals surface area (Å²) >= 11 is 0. The summed E-state index contributed by atoms with van der Waals surface area (Å²) < 4.78 is 0. The number of carbonyl (C=O) groups excluding carboxylic acids is 1. The molecule has 0 saturated carbocycles. The molecule has 0 aromatic heterocycles. The third kappa shape index (κ3) is 4.50. The van der Waals surface area contributed by atoms with Crippen LogP contribution in [0.15, 0.2) is 4.99 Å². The van der Waals surface area contributed by atoms with Gasteiger partial charge >= 0.3 is 0 Å². The van der Waals surface area contributed by atoms with Crippen LogP contribution in [0.4, 0.5) is 0 Å². The fraction of sp³-hybridized carbons (Fsp3) is 0.778. The van der Waals surface area contributed by atoms with E-state index in [4.69, 9.17) is 0 Å². The van der Waals surface area contributed by atoms with Gasteiger partial charge in [0.25, 0.3) is 0 Å². The summed E-state index contributed by atoms with van der Waals surface area (Å²) in [5.74, 6) is 0.640. The van der Waals surface area contributed by atoms with Gasteiger partial charge in [0.1, 0.15) is 0 Å². The van der Waals surface area contributed by atoms with Crippen LogP contribution in [0.2, 0.25) is 0 Å². The van der Waals surface area contributed by atoms with Crippen LogP contribution in [0.1, 0.15) is 27.2 Å². The Morgan fingerprint density at radius 3 is 2.62 bits per heavy atom. The topological polar surface area (TPSA) is 44.7 Å². The molecular weight excluding hydrogens is 166 g/mol. The monoisotopic (exact) mass is 185 g/mol. The van der Waals surface area contributed by atoms with E-state index in [0.29, 0.717) is 5.96 Å². The highest BCUT2D eigenvalue weighted by molar-refractivity contribution is 5.95. The first-order chi connectivity index (χ1) is 6.20. The van der Waals surface area contributed by atoms with Crippen molar-refractivity contribution in [3.05, 3.63) is 0 Å². The minimum absolute atomic E-state index is 0.0579. The van der Waals surface area contributed by atoms with Crippen LogP contribution in [-0.4, -0.2) is 36.9 Å². The largest absolute Gasteiger partial charge is 0.346 e. The molecule has 0 atom stereocenters. The van der Waals surface area contributed by atoms with Crippen molar-refractivity contribution < 1.29 is 4.79 Å².